The summed E-state index contributed by atoms with van der Waals surface area (Å²) in [6.45, 7) is 3.96. The summed E-state index contributed by atoms with van der Waals surface area (Å²) in [7, 11) is 0. The number of aryl methyl sites for hydroxylation is 1. The number of rotatable bonds is 5. The van der Waals surface area contributed by atoms with Gasteiger partial charge < -0.3 is 9.42 Å². The highest BCUT2D eigenvalue weighted by Gasteiger charge is 2.47. The van der Waals surface area contributed by atoms with Crippen molar-refractivity contribution in [3.8, 4) is 11.3 Å². The van der Waals surface area contributed by atoms with E-state index in [0.29, 0.717) is 22.9 Å². The zero-order valence-corrected chi connectivity index (χ0v) is 22.0. The number of aromatic nitrogens is 3. The monoisotopic (exact) mass is 532 g/mol. The molecule has 2 aromatic heterocycles. The Labute approximate surface area is 225 Å². The van der Waals surface area contributed by atoms with Crippen molar-refractivity contribution in [2.75, 3.05) is 18.0 Å². The first kappa shape index (κ1) is 24.6. The Balaban J connectivity index is 1.05. The average molecular weight is 533 g/mol. The van der Waals surface area contributed by atoms with Gasteiger partial charge in [-0.05, 0) is 87.5 Å². The minimum Gasteiger partial charge on any atom is -0.371 e. The van der Waals surface area contributed by atoms with Crippen molar-refractivity contribution in [2.45, 2.75) is 64.0 Å². The van der Waals surface area contributed by atoms with Crippen LogP contribution in [0.25, 0.3) is 22.2 Å². The molecule has 1 aliphatic heterocycles. The van der Waals surface area contributed by atoms with Crippen molar-refractivity contribution < 1.29 is 17.7 Å². The lowest BCUT2D eigenvalue weighted by molar-refractivity contribution is -0.137. The molecule has 3 heterocycles. The van der Waals surface area contributed by atoms with E-state index in [-0.39, 0.29) is 5.56 Å². The predicted octanol–water partition coefficient (Wildman–Crippen LogP) is 7.73. The quantitative estimate of drug-likeness (QED) is 0.263. The zero-order chi connectivity index (χ0) is 26.8. The number of alkyl halides is 3. The molecule has 2 aromatic carbocycles. The molecule has 0 bridgehead atoms. The summed E-state index contributed by atoms with van der Waals surface area (Å²) >= 11 is 0. The lowest BCUT2D eigenvalue weighted by Gasteiger charge is -2.53. The van der Waals surface area contributed by atoms with E-state index in [4.69, 9.17) is 4.52 Å². The topological polar surface area (TPSA) is 55.1 Å². The minimum absolute atomic E-state index is 0.133. The molecule has 0 amide bonds. The standard InChI is InChI=1S/C31H31F3N4O/c1-19-14-22-8-9-23(16-27(22)36-35-19)38-12-10-30(11-13-38)17-20(18-30)15-25-28(37-39-29(25)21-6-7-21)24-4-2-3-5-26(24)31(32,33)34/h2-5,8-9,14,16,20-21H,6-7,10-13,15,17-18H2,1H3. The van der Waals surface area contributed by atoms with Crippen molar-refractivity contribution in [2.24, 2.45) is 11.3 Å². The van der Waals surface area contributed by atoms with Crippen LogP contribution in [-0.4, -0.2) is 28.4 Å². The second-order valence-electron chi connectivity index (χ2n) is 11.9. The number of hydrogen-bond acceptors (Lipinski definition) is 5. The molecular weight excluding hydrogens is 501 g/mol. The van der Waals surface area contributed by atoms with Gasteiger partial charge >= 0.3 is 6.18 Å². The lowest BCUT2D eigenvalue weighted by atomic mass is 9.56. The van der Waals surface area contributed by atoms with Gasteiger partial charge in [0, 0.05) is 41.2 Å². The second-order valence-corrected chi connectivity index (χ2v) is 11.9. The first-order valence-corrected chi connectivity index (χ1v) is 13.9. The molecule has 0 atom stereocenters. The van der Waals surface area contributed by atoms with Crippen LogP contribution in [0, 0.1) is 18.3 Å². The van der Waals surface area contributed by atoms with Gasteiger partial charge in [0.05, 0.1) is 16.8 Å². The minimum atomic E-state index is -4.43. The van der Waals surface area contributed by atoms with Crippen LogP contribution in [0.1, 0.15) is 67.0 Å². The molecular formula is C31H31F3N4O. The normalized spacial score (nSPS) is 19.5. The van der Waals surface area contributed by atoms with Crippen LogP contribution in [0.2, 0.25) is 0 Å². The molecule has 0 unspecified atom stereocenters. The van der Waals surface area contributed by atoms with E-state index in [2.05, 4.69) is 44.5 Å². The van der Waals surface area contributed by atoms with Gasteiger partial charge in [0.2, 0.25) is 0 Å². The Bertz CT molecular complexity index is 1520. The molecule has 4 aromatic rings. The van der Waals surface area contributed by atoms with Gasteiger partial charge in [-0.1, -0.05) is 29.4 Å². The third-order valence-electron chi connectivity index (χ3n) is 9.07. The first-order valence-electron chi connectivity index (χ1n) is 13.9. The van der Waals surface area contributed by atoms with Gasteiger partial charge in [-0.25, -0.2) is 0 Å². The maximum absolute atomic E-state index is 13.8. The Kier molecular flexibility index (Phi) is 5.72. The van der Waals surface area contributed by atoms with E-state index in [1.54, 1.807) is 6.07 Å². The Morgan fingerprint density at radius 1 is 1.00 bits per heavy atom. The number of nitrogens with zero attached hydrogens (tertiary/aromatic N) is 4. The summed E-state index contributed by atoms with van der Waals surface area (Å²) in [6.07, 6.45) is 2.83. The largest absolute Gasteiger partial charge is 0.417 e. The van der Waals surface area contributed by atoms with Crippen LogP contribution in [0.3, 0.4) is 0 Å². The fourth-order valence-corrected chi connectivity index (χ4v) is 6.90. The number of hydrogen-bond donors (Lipinski definition) is 0. The summed E-state index contributed by atoms with van der Waals surface area (Å²) < 4.78 is 47.1. The molecule has 39 heavy (non-hydrogen) atoms. The van der Waals surface area contributed by atoms with E-state index in [0.717, 1.165) is 92.0 Å². The fourth-order valence-electron chi connectivity index (χ4n) is 6.90. The van der Waals surface area contributed by atoms with E-state index < -0.39 is 11.7 Å². The van der Waals surface area contributed by atoms with Crippen LogP contribution in [-0.2, 0) is 12.6 Å². The predicted molar refractivity (Wildman–Crippen MR) is 143 cm³/mol. The third-order valence-corrected chi connectivity index (χ3v) is 9.07. The number of halogens is 3. The summed E-state index contributed by atoms with van der Waals surface area (Å²) in [5.41, 5.74) is 4.14. The van der Waals surface area contributed by atoms with Crippen LogP contribution >= 0.6 is 0 Å². The van der Waals surface area contributed by atoms with E-state index in [1.807, 2.05) is 6.92 Å². The molecule has 3 fully saturated rings. The van der Waals surface area contributed by atoms with Gasteiger partial charge in [-0.3, -0.25) is 0 Å². The van der Waals surface area contributed by atoms with Crippen molar-refractivity contribution in [1.29, 1.82) is 0 Å². The number of benzene rings is 2. The summed E-state index contributed by atoms with van der Waals surface area (Å²) in [5.74, 6) is 1.56. The Hall–Kier alpha value is -3.42. The summed E-state index contributed by atoms with van der Waals surface area (Å²) in [6, 6.07) is 14.2. The van der Waals surface area contributed by atoms with Crippen LogP contribution in [0.4, 0.5) is 18.9 Å². The van der Waals surface area contributed by atoms with Crippen LogP contribution < -0.4 is 4.90 Å². The highest BCUT2D eigenvalue weighted by atomic mass is 19.4. The van der Waals surface area contributed by atoms with Gasteiger partial charge in [0.1, 0.15) is 11.5 Å². The van der Waals surface area contributed by atoms with Crippen molar-refractivity contribution in [3.63, 3.8) is 0 Å². The van der Waals surface area contributed by atoms with E-state index in [9.17, 15) is 13.2 Å². The van der Waals surface area contributed by atoms with E-state index >= 15 is 0 Å². The average Bonchev–Trinajstić information content (AvgIpc) is 3.67. The summed E-state index contributed by atoms with van der Waals surface area (Å²) in [4.78, 5) is 2.44. The van der Waals surface area contributed by atoms with Crippen molar-refractivity contribution in [3.05, 3.63) is 71.1 Å². The third kappa shape index (κ3) is 4.57. The maximum atomic E-state index is 13.8. The highest BCUT2D eigenvalue weighted by Crippen LogP contribution is 2.55. The SMILES string of the molecule is Cc1cc2ccc(N3CCC4(CC3)CC(Cc3c(-c5ccccc5C(F)(F)F)noc3C3CC3)C4)cc2nn1. The Morgan fingerprint density at radius 3 is 2.51 bits per heavy atom. The Morgan fingerprint density at radius 2 is 1.77 bits per heavy atom. The van der Waals surface area contributed by atoms with Gasteiger partial charge in [-0.15, -0.1) is 0 Å². The highest BCUT2D eigenvalue weighted by molar-refractivity contribution is 5.82. The molecule has 8 heteroatoms. The number of fused-ring (bicyclic) bond motifs is 1. The smallest absolute Gasteiger partial charge is 0.371 e. The molecule has 7 rings (SSSR count). The van der Waals surface area contributed by atoms with Crippen LogP contribution in [0.15, 0.2) is 53.1 Å². The molecule has 0 radical (unpaired) electrons. The molecule has 2 aliphatic carbocycles. The van der Waals surface area contributed by atoms with E-state index in [1.165, 1.54) is 17.8 Å². The lowest BCUT2D eigenvalue weighted by Crippen LogP contribution is -2.47. The fraction of sp³-hybridized carbons (Fsp3) is 0.452. The maximum Gasteiger partial charge on any atom is 0.417 e. The number of piperidine rings is 1. The second kappa shape index (κ2) is 9.07. The van der Waals surface area contributed by atoms with Crippen molar-refractivity contribution in [1.82, 2.24) is 15.4 Å². The first-order chi connectivity index (χ1) is 18.8. The number of anilines is 1. The summed E-state index contributed by atoms with van der Waals surface area (Å²) in [5, 5.41) is 13.9. The van der Waals surface area contributed by atoms with Gasteiger partial charge in [-0.2, -0.15) is 23.4 Å². The zero-order valence-electron chi connectivity index (χ0n) is 22.0. The molecule has 1 spiro atoms. The molecule has 3 aliphatic rings. The van der Waals surface area contributed by atoms with Gasteiger partial charge in [0.15, 0.2) is 0 Å². The van der Waals surface area contributed by atoms with Crippen LogP contribution in [0.5, 0.6) is 0 Å². The molecule has 2 saturated carbocycles. The molecule has 1 saturated heterocycles. The van der Waals surface area contributed by atoms with Crippen molar-refractivity contribution >= 4 is 16.6 Å². The molecule has 202 valence electrons. The van der Waals surface area contributed by atoms with Gasteiger partial charge in [0.25, 0.3) is 0 Å². The molecule has 0 N–H and O–H groups in total. The molecule has 5 nitrogen and oxygen atoms in total.